The lowest BCUT2D eigenvalue weighted by Gasteiger charge is -2.12. The Balaban J connectivity index is 1.22. The summed E-state index contributed by atoms with van der Waals surface area (Å²) in [5, 5.41) is 60.4. The molecule has 0 atom stereocenters. The number of phenols is 1. The molecule has 71 heavy (non-hydrogen) atoms. The molecular formula is C39H28N12O15S5. The average Bonchev–Trinajstić information content (AvgIpc) is 3.88. The monoisotopic (exact) mass is 1060 g/mol. The highest BCUT2D eigenvalue weighted by Gasteiger charge is 2.26. The minimum absolute atomic E-state index is 0.0270. The molecule has 0 radical (unpaired) electrons. The molecule has 0 aliphatic heterocycles. The quantitative estimate of drug-likeness (QED) is 0.0402. The molecule has 0 fully saturated rings. The van der Waals surface area contributed by atoms with Crippen molar-refractivity contribution in [3.63, 3.8) is 0 Å². The summed E-state index contributed by atoms with van der Waals surface area (Å²) in [7, 11) is -19.8. The third kappa shape index (κ3) is 10.3. The second-order valence-electron chi connectivity index (χ2n) is 14.7. The molecule has 8 aromatic rings. The van der Waals surface area contributed by atoms with Crippen molar-refractivity contribution in [3.05, 3.63) is 90.0 Å². The number of nitrogens with zero attached hydrogens (tertiary/aromatic N) is 10. The number of aromatic hydroxyl groups is 2. The Kier molecular flexibility index (Phi) is 12.8. The fourth-order valence-electron chi connectivity index (χ4n) is 6.80. The van der Waals surface area contributed by atoms with E-state index in [1.165, 1.54) is 35.6 Å². The number of nitriles is 1. The standard InChI is InChI=1S/C39H28N12O15S5/c1-18-23(17-40)36-42-24-4-2-3-5-29(24)51(36)37(53)33(18)48-45-20-7-6-19-12-32(71(64,65)66)34(35(52)22(19)13-20)49-47-28-15-26(43-38(54)41-10-11-68(55,56)57)27(16-31(28)70(61,62)63)46-50-39-44-25-9-8-21(69(58,59)60)14-30(25)67-39/h2-9,12-16,52-53H,10-11H2,1H3,(H2,41,43,54)(H,55,56,57)(H,58,59,60)(H,61,62,63)(H,64,65,66). The van der Waals surface area contributed by atoms with Crippen LogP contribution in [-0.2, 0) is 40.5 Å². The molecule has 2 amide bonds. The van der Waals surface area contributed by atoms with E-state index in [0.717, 1.165) is 35.6 Å². The van der Waals surface area contributed by atoms with Crippen molar-refractivity contribution < 1.29 is 66.9 Å². The van der Waals surface area contributed by atoms with Crippen molar-refractivity contribution in [3.8, 4) is 17.7 Å². The Morgan fingerprint density at radius 1 is 0.746 bits per heavy atom. The summed E-state index contributed by atoms with van der Waals surface area (Å²) in [6.07, 6.45) is 0. The summed E-state index contributed by atoms with van der Waals surface area (Å²) in [6, 6.07) is 17.0. The minimum atomic E-state index is -5.37. The van der Waals surface area contributed by atoms with Gasteiger partial charge in [0.1, 0.15) is 38.5 Å². The van der Waals surface area contributed by atoms with E-state index in [4.69, 9.17) is 4.55 Å². The summed E-state index contributed by atoms with van der Waals surface area (Å²) >= 11 is 0.753. The van der Waals surface area contributed by atoms with Gasteiger partial charge in [-0.3, -0.25) is 22.6 Å². The number of pyridine rings is 1. The van der Waals surface area contributed by atoms with Crippen molar-refractivity contribution >= 4 is 135 Å². The zero-order valence-corrected chi connectivity index (χ0v) is 39.4. The molecule has 0 aliphatic rings. The predicted octanol–water partition coefficient (Wildman–Crippen LogP) is 7.84. The lowest BCUT2D eigenvalue weighted by molar-refractivity contribution is 0.252. The van der Waals surface area contributed by atoms with E-state index in [-0.39, 0.29) is 54.3 Å². The van der Waals surface area contributed by atoms with Crippen LogP contribution < -0.4 is 10.6 Å². The molecule has 8 N–H and O–H groups in total. The van der Waals surface area contributed by atoms with Gasteiger partial charge in [-0.15, -0.1) is 25.6 Å². The van der Waals surface area contributed by atoms with Gasteiger partial charge in [-0.2, -0.15) is 44.0 Å². The van der Waals surface area contributed by atoms with Crippen molar-refractivity contribution in [2.24, 2.45) is 30.7 Å². The van der Waals surface area contributed by atoms with E-state index in [9.17, 15) is 67.6 Å². The number of carbonyl (C=O) groups is 1. The number of urea groups is 1. The molecule has 0 bridgehead atoms. The van der Waals surface area contributed by atoms with Crippen LogP contribution in [0.3, 0.4) is 0 Å². The smallest absolute Gasteiger partial charge is 0.319 e. The molecule has 8 rings (SSSR count). The van der Waals surface area contributed by atoms with E-state index in [2.05, 4.69) is 57.4 Å². The molecule has 32 heteroatoms. The maximum atomic E-state index is 12.9. The summed E-state index contributed by atoms with van der Waals surface area (Å²) < 4.78 is 137. The van der Waals surface area contributed by atoms with Crippen LogP contribution in [0.5, 0.6) is 11.6 Å². The van der Waals surface area contributed by atoms with E-state index in [1.54, 1.807) is 24.3 Å². The number of anilines is 1. The highest BCUT2D eigenvalue weighted by atomic mass is 32.2. The summed E-state index contributed by atoms with van der Waals surface area (Å²) in [4.78, 5) is 18.9. The Bertz CT molecular complexity index is 4210. The number of fused-ring (bicyclic) bond motifs is 5. The lowest BCUT2D eigenvalue weighted by atomic mass is 10.1. The van der Waals surface area contributed by atoms with Gasteiger partial charge in [-0.05, 0) is 73.0 Å². The highest BCUT2D eigenvalue weighted by molar-refractivity contribution is 7.86. The van der Waals surface area contributed by atoms with Crippen LogP contribution in [0.25, 0.3) is 37.7 Å². The Morgan fingerprint density at radius 2 is 1.45 bits per heavy atom. The van der Waals surface area contributed by atoms with E-state index in [1.807, 2.05) is 0 Å². The summed E-state index contributed by atoms with van der Waals surface area (Å²) in [6.45, 7) is 0.858. The number of thiazole rings is 1. The van der Waals surface area contributed by atoms with Gasteiger partial charge in [0.2, 0.25) is 11.0 Å². The zero-order chi connectivity index (χ0) is 51.4. The van der Waals surface area contributed by atoms with Crippen LogP contribution in [0.1, 0.15) is 11.1 Å². The van der Waals surface area contributed by atoms with Crippen LogP contribution in [0.15, 0.2) is 124 Å². The molecular weight excluding hydrogens is 1040 g/mol. The molecule has 3 aromatic heterocycles. The molecule has 5 aromatic carbocycles. The Labute approximate surface area is 402 Å². The molecule has 364 valence electrons. The first kappa shape index (κ1) is 49.4. The van der Waals surface area contributed by atoms with Gasteiger partial charge in [0.15, 0.2) is 17.1 Å². The molecule has 0 saturated heterocycles. The van der Waals surface area contributed by atoms with Gasteiger partial charge in [-0.25, -0.2) is 14.8 Å². The van der Waals surface area contributed by atoms with E-state index >= 15 is 0 Å². The highest BCUT2D eigenvalue weighted by Crippen LogP contribution is 2.45. The van der Waals surface area contributed by atoms with Gasteiger partial charge in [0.25, 0.3) is 40.5 Å². The number of amides is 2. The van der Waals surface area contributed by atoms with Gasteiger partial charge < -0.3 is 20.8 Å². The SMILES string of the molecule is Cc1c(N=Nc2ccc3cc(S(=O)(=O)O)c(N=Nc4cc(NC(=O)NCCS(=O)(=O)O)c(N=Nc5nc6ccc(S(=O)(=O)O)cc6s5)cc4S(=O)(=O)O)c(O)c3c2)c(O)n2c(nc3ccccc32)c1C#N. The number of nitrogens with one attached hydrogen (secondary N) is 2. The molecule has 0 spiro atoms. The minimum Gasteiger partial charge on any atom is -0.505 e. The second kappa shape index (κ2) is 18.4. The number of hydrogen-bond donors (Lipinski definition) is 8. The largest absolute Gasteiger partial charge is 0.505 e. The van der Waals surface area contributed by atoms with Gasteiger partial charge in [0, 0.05) is 17.5 Å². The number of phenolic OH excluding ortho intramolecular Hbond substituents is 1. The van der Waals surface area contributed by atoms with Crippen LogP contribution in [-0.4, -0.2) is 94.8 Å². The second-order valence-corrected chi connectivity index (χ2v) is 21.5. The van der Waals surface area contributed by atoms with Gasteiger partial charge in [0.05, 0.1) is 43.3 Å². The first-order valence-electron chi connectivity index (χ1n) is 19.4. The van der Waals surface area contributed by atoms with Crippen LogP contribution in [0.2, 0.25) is 0 Å². The van der Waals surface area contributed by atoms with Crippen LogP contribution in [0, 0.1) is 18.3 Å². The lowest BCUT2D eigenvalue weighted by Crippen LogP contribution is -2.32. The molecule has 0 saturated carbocycles. The first-order valence-corrected chi connectivity index (χ1v) is 26.1. The molecule has 0 unspecified atom stereocenters. The number of para-hydroxylation sites is 2. The third-order valence-corrected chi connectivity index (χ3v) is 14.2. The third-order valence-electron chi connectivity index (χ3n) is 10.0. The van der Waals surface area contributed by atoms with Crippen molar-refractivity contribution in [2.45, 2.75) is 21.6 Å². The van der Waals surface area contributed by atoms with E-state index < -0.39 is 108 Å². The number of hydrogen-bond acceptors (Lipinski definition) is 21. The number of rotatable bonds is 13. The molecule has 3 heterocycles. The van der Waals surface area contributed by atoms with Crippen LogP contribution >= 0.6 is 11.3 Å². The topological polar surface area (TPSA) is 427 Å². The Morgan fingerprint density at radius 3 is 2.14 bits per heavy atom. The van der Waals surface area contributed by atoms with Gasteiger partial charge in [-0.1, -0.05) is 29.5 Å². The maximum absolute atomic E-state index is 12.9. The van der Waals surface area contributed by atoms with Gasteiger partial charge >= 0.3 is 6.03 Å². The van der Waals surface area contributed by atoms with Crippen molar-refractivity contribution in [1.29, 1.82) is 5.26 Å². The summed E-state index contributed by atoms with van der Waals surface area (Å²) in [5.41, 5.74) is -1.52. The maximum Gasteiger partial charge on any atom is 0.319 e. The number of imidazole rings is 1. The fourth-order valence-corrected chi connectivity index (χ4v) is 9.85. The molecule has 27 nitrogen and oxygen atoms in total. The number of benzene rings is 5. The van der Waals surface area contributed by atoms with Crippen molar-refractivity contribution in [2.75, 3.05) is 17.6 Å². The molecule has 0 aliphatic carbocycles. The first-order chi connectivity index (χ1) is 33.3. The number of carbonyl (C=O) groups excluding carboxylic acids is 1. The predicted molar refractivity (Wildman–Crippen MR) is 251 cm³/mol. The normalized spacial score (nSPS) is 12.8. The number of azo groups is 3. The average molecular weight is 1070 g/mol. The Hall–Kier alpha value is -8.00. The van der Waals surface area contributed by atoms with E-state index in [0.29, 0.717) is 17.1 Å². The summed E-state index contributed by atoms with van der Waals surface area (Å²) in [5.74, 6) is -2.34. The zero-order valence-electron chi connectivity index (χ0n) is 35.3. The van der Waals surface area contributed by atoms with Crippen LogP contribution in [0.4, 0.5) is 44.1 Å². The fraction of sp³-hybridized carbons (Fsp3) is 0.0769. The van der Waals surface area contributed by atoms with Crippen molar-refractivity contribution in [1.82, 2.24) is 19.7 Å². The number of aromatic nitrogens is 3.